The van der Waals surface area contributed by atoms with Gasteiger partial charge in [-0.25, -0.2) is 20.4 Å². The molecule has 0 atom stereocenters. The lowest BCUT2D eigenvalue weighted by Crippen LogP contribution is -1.86. The first-order chi connectivity index (χ1) is 8.29. The molecule has 0 fully saturated rings. The standard InChI is InChI=1S/C8H6Cl4.2CHNO/c1-3-5(9)4(2)7(11)8(12)6(3)10;2*2-1-3/h1-2H3;2*2H. The summed E-state index contributed by atoms with van der Waals surface area (Å²) in [5.41, 5.74) is 1.54. The van der Waals surface area contributed by atoms with E-state index >= 15 is 0 Å². The summed E-state index contributed by atoms with van der Waals surface area (Å²) < 4.78 is 0. The Labute approximate surface area is 124 Å². The Morgan fingerprint density at radius 3 is 1.17 bits per heavy atom. The molecular weight excluding hydrogens is 322 g/mol. The van der Waals surface area contributed by atoms with Crippen LogP contribution in [0.25, 0.3) is 0 Å². The second-order valence-corrected chi connectivity index (χ2v) is 4.22. The van der Waals surface area contributed by atoms with E-state index in [9.17, 15) is 0 Å². The lowest BCUT2D eigenvalue weighted by molar-refractivity contribution is 0.562. The van der Waals surface area contributed by atoms with Crippen molar-refractivity contribution in [3.8, 4) is 0 Å². The zero-order valence-corrected chi connectivity index (χ0v) is 12.4. The fourth-order valence-electron chi connectivity index (χ4n) is 0.900. The SMILES string of the molecule is Cc1c(Cl)c(C)c(Cl)c(Cl)c1Cl.N=C=O.N=C=O. The molecule has 0 bridgehead atoms. The van der Waals surface area contributed by atoms with Crippen LogP contribution in [0.3, 0.4) is 0 Å². The number of rotatable bonds is 0. The van der Waals surface area contributed by atoms with Gasteiger partial charge in [-0.1, -0.05) is 46.4 Å². The van der Waals surface area contributed by atoms with E-state index in [2.05, 4.69) is 0 Å². The number of nitrogens with one attached hydrogen (secondary N) is 2. The van der Waals surface area contributed by atoms with Crippen molar-refractivity contribution in [2.45, 2.75) is 13.8 Å². The van der Waals surface area contributed by atoms with E-state index in [1.807, 2.05) is 0 Å². The minimum absolute atomic E-state index is 0.373. The van der Waals surface area contributed by atoms with E-state index in [-0.39, 0.29) is 0 Å². The average molecular weight is 330 g/mol. The van der Waals surface area contributed by atoms with Crippen LogP contribution in [0.1, 0.15) is 11.1 Å². The quantitative estimate of drug-likeness (QED) is 0.312. The highest BCUT2D eigenvalue weighted by atomic mass is 35.5. The molecule has 0 aliphatic carbocycles. The summed E-state index contributed by atoms with van der Waals surface area (Å²) in [6.45, 7) is 3.61. The molecule has 98 valence electrons. The zero-order chi connectivity index (χ0) is 14.9. The first-order valence-corrected chi connectivity index (χ1v) is 5.68. The molecule has 0 aromatic heterocycles. The lowest BCUT2D eigenvalue weighted by Gasteiger charge is -2.09. The Bertz CT molecular complexity index is 374. The summed E-state index contributed by atoms with van der Waals surface area (Å²) in [5.74, 6) is 0. The number of hydrogen-bond acceptors (Lipinski definition) is 4. The predicted molar refractivity (Wildman–Crippen MR) is 72.8 cm³/mol. The monoisotopic (exact) mass is 328 g/mol. The van der Waals surface area contributed by atoms with Crippen LogP contribution >= 0.6 is 46.4 Å². The summed E-state index contributed by atoms with van der Waals surface area (Å²) in [6.07, 6.45) is 1.50. The molecule has 4 nitrogen and oxygen atoms in total. The summed E-state index contributed by atoms with van der Waals surface area (Å²) >= 11 is 23.5. The minimum atomic E-state index is 0.373. The Hall–Kier alpha value is -0.860. The molecule has 18 heavy (non-hydrogen) atoms. The minimum Gasteiger partial charge on any atom is -0.222 e. The summed E-state index contributed by atoms with van der Waals surface area (Å²) in [5, 5.41) is 12.6. The normalized spacial score (nSPS) is 7.89. The molecule has 0 heterocycles. The highest BCUT2D eigenvalue weighted by Crippen LogP contribution is 2.39. The highest BCUT2D eigenvalue weighted by molar-refractivity contribution is 6.50. The van der Waals surface area contributed by atoms with Crippen LogP contribution < -0.4 is 0 Å². The van der Waals surface area contributed by atoms with Gasteiger partial charge in [0.15, 0.2) is 0 Å². The van der Waals surface area contributed by atoms with Gasteiger partial charge in [-0.2, -0.15) is 0 Å². The van der Waals surface area contributed by atoms with Crippen molar-refractivity contribution >= 4 is 58.6 Å². The molecule has 1 rings (SSSR count). The van der Waals surface area contributed by atoms with Crippen molar-refractivity contribution < 1.29 is 9.59 Å². The molecule has 8 heteroatoms. The smallest absolute Gasteiger partial charge is 0.222 e. The van der Waals surface area contributed by atoms with Crippen LogP contribution in [0, 0.1) is 24.7 Å². The third-order valence-corrected chi connectivity index (χ3v) is 3.79. The van der Waals surface area contributed by atoms with Crippen molar-refractivity contribution in [2.75, 3.05) is 0 Å². The van der Waals surface area contributed by atoms with E-state index in [0.29, 0.717) is 20.1 Å². The lowest BCUT2D eigenvalue weighted by atomic mass is 10.1. The summed E-state index contributed by atoms with van der Waals surface area (Å²) in [7, 11) is 0. The first kappa shape index (κ1) is 19.5. The molecule has 1 aromatic rings. The number of isocyanates is 2. The van der Waals surface area contributed by atoms with Crippen LogP contribution in [-0.2, 0) is 9.59 Å². The second kappa shape index (κ2) is 10.1. The molecule has 2 N–H and O–H groups in total. The highest BCUT2D eigenvalue weighted by Gasteiger charge is 2.14. The third kappa shape index (κ3) is 5.65. The Kier molecular flexibility index (Phi) is 10.9. The fourth-order valence-corrected chi connectivity index (χ4v) is 1.90. The Morgan fingerprint density at radius 2 is 0.944 bits per heavy atom. The second-order valence-electron chi connectivity index (χ2n) is 2.71. The Morgan fingerprint density at radius 1 is 0.722 bits per heavy atom. The number of halogens is 4. The molecular formula is C10H8Cl4N2O2. The van der Waals surface area contributed by atoms with Crippen LogP contribution in [0.15, 0.2) is 0 Å². The van der Waals surface area contributed by atoms with Crippen molar-refractivity contribution in [3.63, 3.8) is 0 Å². The number of benzene rings is 1. The largest absolute Gasteiger partial charge is 0.231 e. The van der Waals surface area contributed by atoms with E-state index < -0.39 is 0 Å². The average Bonchev–Trinajstić information content (AvgIpc) is 2.34. The van der Waals surface area contributed by atoms with Gasteiger partial charge in [-0.05, 0) is 25.0 Å². The van der Waals surface area contributed by atoms with Crippen molar-refractivity contribution in [1.82, 2.24) is 0 Å². The summed E-state index contributed by atoms with van der Waals surface area (Å²) in [6, 6.07) is 0. The van der Waals surface area contributed by atoms with Gasteiger partial charge in [0, 0.05) is 5.02 Å². The van der Waals surface area contributed by atoms with E-state index in [0.717, 1.165) is 23.3 Å². The Balaban J connectivity index is 0. The number of hydrogen-bond donors (Lipinski definition) is 2. The van der Waals surface area contributed by atoms with Crippen LogP contribution in [0.4, 0.5) is 0 Å². The van der Waals surface area contributed by atoms with Crippen LogP contribution in [-0.4, -0.2) is 12.2 Å². The third-order valence-electron chi connectivity index (χ3n) is 1.70. The molecule has 0 spiro atoms. The summed E-state index contributed by atoms with van der Waals surface area (Å²) in [4.78, 5) is 16.7. The zero-order valence-electron chi connectivity index (χ0n) is 9.33. The van der Waals surface area contributed by atoms with Gasteiger partial charge < -0.3 is 0 Å². The topological polar surface area (TPSA) is 81.8 Å². The van der Waals surface area contributed by atoms with Crippen molar-refractivity contribution in [1.29, 1.82) is 10.8 Å². The fraction of sp³-hybridized carbons (Fsp3) is 0.200. The van der Waals surface area contributed by atoms with E-state index in [1.165, 1.54) is 0 Å². The van der Waals surface area contributed by atoms with Gasteiger partial charge in [0.2, 0.25) is 12.2 Å². The van der Waals surface area contributed by atoms with Gasteiger partial charge in [0.1, 0.15) is 0 Å². The van der Waals surface area contributed by atoms with Crippen molar-refractivity contribution in [2.24, 2.45) is 0 Å². The molecule has 0 aliphatic rings. The molecule has 0 unspecified atom stereocenters. The molecule has 0 radical (unpaired) electrons. The van der Waals surface area contributed by atoms with Crippen LogP contribution in [0.2, 0.25) is 20.1 Å². The van der Waals surface area contributed by atoms with E-state index in [4.69, 9.17) is 66.8 Å². The van der Waals surface area contributed by atoms with Gasteiger partial charge in [-0.3, -0.25) is 0 Å². The van der Waals surface area contributed by atoms with Gasteiger partial charge in [0.25, 0.3) is 0 Å². The van der Waals surface area contributed by atoms with E-state index in [1.54, 1.807) is 13.8 Å². The number of carbonyl (C=O) groups excluding carboxylic acids is 2. The molecule has 1 aromatic carbocycles. The van der Waals surface area contributed by atoms with Gasteiger partial charge in [-0.15, -0.1) is 0 Å². The van der Waals surface area contributed by atoms with Gasteiger partial charge in [0.05, 0.1) is 15.1 Å². The maximum absolute atomic E-state index is 8.35. The maximum Gasteiger partial charge on any atom is 0.231 e. The first-order valence-electron chi connectivity index (χ1n) is 4.16. The van der Waals surface area contributed by atoms with Crippen LogP contribution in [0.5, 0.6) is 0 Å². The molecule has 0 saturated heterocycles. The molecule has 0 aliphatic heterocycles. The van der Waals surface area contributed by atoms with Gasteiger partial charge >= 0.3 is 0 Å². The molecule has 0 amide bonds. The maximum atomic E-state index is 8.35. The molecule has 0 saturated carbocycles. The predicted octanol–water partition coefficient (Wildman–Crippen LogP) is 4.72. The van der Waals surface area contributed by atoms with Crippen molar-refractivity contribution in [3.05, 3.63) is 31.2 Å².